The summed E-state index contributed by atoms with van der Waals surface area (Å²) >= 11 is 0. The number of imidazole rings is 1. The number of rotatable bonds is 8. The number of nitrogens with one attached hydrogen (secondary N) is 1. The van der Waals surface area contributed by atoms with Gasteiger partial charge in [0.15, 0.2) is 0 Å². The SMILES string of the molecule is COCCNc1nc(C)cn1CCCn1ccnn1. The molecule has 0 saturated heterocycles. The van der Waals surface area contributed by atoms with Crippen LogP contribution in [0.2, 0.25) is 0 Å². The Morgan fingerprint density at radius 3 is 3.00 bits per heavy atom. The molecule has 0 aliphatic rings. The van der Waals surface area contributed by atoms with Crippen molar-refractivity contribution in [3.8, 4) is 0 Å². The van der Waals surface area contributed by atoms with Crippen molar-refractivity contribution in [2.24, 2.45) is 0 Å². The Morgan fingerprint density at radius 2 is 2.26 bits per heavy atom. The van der Waals surface area contributed by atoms with Crippen LogP contribution in [0.3, 0.4) is 0 Å². The highest BCUT2D eigenvalue weighted by atomic mass is 16.5. The quantitative estimate of drug-likeness (QED) is 0.718. The molecule has 0 saturated carbocycles. The van der Waals surface area contributed by atoms with Crippen LogP contribution < -0.4 is 5.32 Å². The maximum absolute atomic E-state index is 5.02. The lowest BCUT2D eigenvalue weighted by Gasteiger charge is -2.09. The molecule has 104 valence electrons. The van der Waals surface area contributed by atoms with Gasteiger partial charge in [0.05, 0.1) is 18.5 Å². The highest BCUT2D eigenvalue weighted by Gasteiger charge is 2.04. The van der Waals surface area contributed by atoms with Crippen molar-refractivity contribution < 1.29 is 4.74 Å². The van der Waals surface area contributed by atoms with Gasteiger partial charge in [-0.1, -0.05) is 5.21 Å². The summed E-state index contributed by atoms with van der Waals surface area (Å²) in [5.41, 5.74) is 1.01. The topological polar surface area (TPSA) is 69.8 Å². The number of hydrogen-bond acceptors (Lipinski definition) is 5. The summed E-state index contributed by atoms with van der Waals surface area (Å²) in [4.78, 5) is 4.46. The minimum Gasteiger partial charge on any atom is -0.383 e. The first kappa shape index (κ1) is 13.5. The fourth-order valence-electron chi connectivity index (χ4n) is 1.88. The van der Waals surface area contributed by atoms with Crippen molar-refractivity contribution in [2.45, 2.75) is 26.4 Å². The lowest BCUT2D eigenvalue weighted by molar-refractivity contribution is 0.210. The monoisotopic (exact) mass is 264 g/mol. The molecule has 2 aromatic rings. The van der Waals surface area contributed by atoms with Gasteiger partial charge in [0.2, 0.25) is 5.95 Å². The normalized spacial score (nSPS) is 10.8. The summed E-state index contributed by atoms with van der Waals surface area (Å²) in [7, 11) is 1.69. The molecule has 0 radical (unpaired) electrons. The van der Waals surface area contributed by atoms with Gasteiger partial charge >= 0.3 is 0 Å². The molecule has 0 unspecified atom stereocenters. The summed E-state index contributed by atoms with van der Waals surface area (Å²) in [6, 6.07) is 0. The molecule has 0 aromatic carbocycles. The van der Waals surface area contributed by atoms with Crippen LogP contribution in [0.5, 0.6) is 0 Å². The summed E-state index contributed by atoms with van der Waals surface area (Å²) < 4.78 is 8.98. The number of nitrogens with zero attached hydrogens (tertiary/aromatic N) is 5. The van der Waals surface area contributed by atoms with Gasteiger partial charge in [-0.15, -0.1) is 5.10 Å². The van der Waals surface area contributed by atoms with Crippen molar-refractivity contribution in [3.05, 3.63) is 24.3 Å². The van der Waals surface area contributed by atoms with E-state index in [4.69, 9.17) is 4.74 Å². The van der Waals surface area contributed by atoms with E-state index < -0.39 is 0 Å². The Hall–Kier alpha value is -1.89. The Balaban J connectivity index is 1.84. The number of ether oxygens (including phenoxy) is 1. The summed E-state index contributed by atoms with van der Waals surface area (Å²) in [6.07, 6.45) is 6.60. The Kier molecular flexibility index (Phi) is 4.91. The first-order chi connectivity index (χ1) is 9.29. The van der Waals surface area contributed by atoms with Crippen LogP contribution in [0.1, 0.15) is 12.1 Å². The zero-order valence-electron chi connectivity index (χ0n) is 11.4. The lowest BCUT2D eigenvalue weighted by Crippen LogP contribution is -2.13. The van der Waals surface area contributed by atoms with E-state index in [1.807, 2.05) is 17.8 Å². The van der Waals surface area contributed by atoms with E-state index in [9.17, 15) is 0 Å². The van der Waals surface area contributed by atoms with Gasteiger partial charge in [-0.05, 0) is 13.3 Å². The van der Waals surface area contributed by atoms with Gasteiger partial charge in [-0.2, -0.15) is 0 Å². The lowest BCUT2D eigenvalue weighted by atomic mass is 10.4. The predicted octanol–water partition coefficient (Wildman–Crippen LogP) is 0.932. The van der Waals surface area contributed by atoms with Crippen LogP contribution in [0.4, 0.5) is 5.95 Å². The van der Waals surface area contributed by atoms with Gasteiger partial charge in [-0.3, -0.25) is 4.68 Å². The summed E-state index contributed by atoms with van der Waals surface area (Å²) in [5.74, 6) is 0.896. The fraction of sp³-hybridized carbons (Fsp3) is 0.583. The minimum atomic E-state index is 0.671. The molecule has 0 bridgehead atoms. The Morgan fingerprint density at radius 1 is 1.37 bits per heavy atom. The third-order valence-electron chi connectivity index (χ3n) is 2.74. The molecule has 2 heterocycles. The van der Waals surface area contributed by atoms with Crippen molar-refractivity contribution in [1.82, 2.24) is 24.5 Å². The molecule has 0 amide bonds. The zero-order chi connectivity index (χ0) is 13.5. The van der Waals surface area contributed by atoms with Crippen molar-refractivity contribution in [1.29, 1.82) is 0 Å². The van der Waals surface area contributed by atoms with E-state index in [0.29, 0.717) is 6.61 Å². The van der Waals surface area contributed by atoms with Gasteiger partial charge in [0, 0.05) is 39.1 Å². The second-order valence-electron chi connectivity index (χ2n) is 4.34. The van der Waals surface area contributed by atoms with E-state index in [1.165, 1.54) is 0 Å². The van der Waals surface area contributed by atoms with E-state index >= 15 is 0 Å². The van der Waals surface area contributed by atoms with E-state index in [1.54, 1.807) is 13.3 Å². The van der Waals surface area contributed by atoms with Crippen molar-refractivity contribution in [3.63, 3.8) is 0 Å². The average molecular weight is 264 g/mol. The third-order valence-corrected chi connectivity index (χ3v) is 2.74. The highest BCUT2D eigenvalue weighted by Crippen LogP contribution is 2.09. The Bertz CT molecular complexity index is 478. The van der Waals surface area contributed by atoms with Gasteiger partial charge in [0.25, 0.3) is 0 Å². The second kappa shape index (κ2) is 6.89. The fourth-order valence-corrected chi connectivity index (χ4v) is 1.88. The first-order valence-corrected chi connectivity index (χ1v) is 6.40. The Labute approximate surface area is 112 Å². The molecule has 0 atom stereocenters. The van der Waals surface area contributed by atoms with Crippen LogP contribution in [0.15, 0.2) is 18.6 Å². The number of aryl methyl sites for hydroxylation is 3. The number of anilines is 1. The molecular weight excluding hydrogens is 244 g/mol. The van der Waals surface area contributed by atoms with Crippen LogP contribution in [0, 0.1) is 6.92 Å². The molecule has 0 aliphatic heterocycles. The molecule has 19 heavy (non-hydrogen) atoms. The molecule has 0 fully saturated rings. The second-order valence-corrected chi connectivity index (χ2v) is 4.34. The van der Waals surface area contributed by atoms with Crippen LogP contribution in [0.25, 0.3) is 0 Å². The van der Waals surface area contributed by atoms with Crippen molar-refractivity contribution >= 4 is 5.95 Å². The zero-order valence-corrected chi connectivity index (χ0v) is 11.4. The van der Waals surface area contributed by atoms with E-state index in [2.05, 4.69) is 31.4 Å². The molecule has 7 heteroatoms. The van der Waals surface area contributed by atoms with Gasteiger partial charge in [-0.25, -0.2) is 4.98 Å². The molecule has 1 N–H and O–H groups in total. The van der Waals surface area contributed by atoms with E-state index in [-0.39, 0.29) is 0 Å². The largest absolute Gasteiger partial charge is 0.383 e. The molecule has 7 nitrogen and oxygen atoms in total. The van der Waals surface area contributed by atoms with Crippen LogP contribution >= 0.6 is 0 Å². The van der Waals surface area contributed by atoms with Gasteiger partial charge in [0.1, 0.15) is 0 Å². The minimum absolute atomic E-state index is 0.671. The van der Waals surface area contributed by atoms with Crippen LogP contribution in [-0.2, 0) is 17.8 Å². The summed E-state index contributed by atoms with van der Waals surface area (Å²) in [6.45, 7) is 5.18. The molecular formula is C12H20N6O. The average Bonchev–Trinajstić information content (AvgIpc) is 3.00. The maximum atomic E-state index is 5.02. The van der Waals surface area contributed by atoms with Gasteiger partial charge < -0.3 is 14.6 Å². The van der Waals surface area contributed by atoms with Crippen molar-refractivity contribution in [2.75, 3.05) is 25.6 Å². The third kappa shape index (κ3) is 4.06. The van der Waals surface area contributed by atoms with E-state index in [0.717, 1.165) is 37.7 Å². The highest BCUT2D eigenvalue weighted by molar-refractivity contribution is 5.28. The smallest absolute Gasteiger partial charge is 0.203 e. The first-order valence-electron chi connectivity index (χ1n) is 6.40. The molecule has 0 aliphatic carbocycles. The molecule has 0 spiro atoms. The number of hydrogen-bond donors (Lipinski definition) is 1. The maximum Gasteiger partial charge on any atom is 0.203 e. The van der Waals surface area contributed by atoms with Crippen LogP contribution in [-0.4, -0.2) is 44.8 Å². The molecule has 2 aromatic heterocycles. The molecule has 2 rings (SSSR count). The standard InChI is InChI=1S/C12H20N6O/c1-11-10-17(12(15-11)13-5-9-19-2)6-3-7-18-8-4-14-16-18/h4,8,10H,3,5-7,9H2,1-2H3,(H,13,15). The number of methoxy groups -OCH3 is 1. The summed E-state index contributed by atoms with van der Waals surface area (Å²) in [5, 5.41) is 11.0. The number of aromatic nitrogens is 5. The predicted molar refractivity (Wildman–Crippen MR) is 72.0 cm³/mol.